The van der Waals surface area contributed by atoms with Gasteiger partial charge in [-0.15, -0.1) is 0 Å². The molecule has 6 heteroatoms. The van der Waals surface area contributed by atoms with Crippen LogP contribution in [0.15, 0.2) is 77.7 Å². The van der Waals surface area contributed by atoms with Gasteiger partial charge in [0.15, 0.2) is 4.90 Å². The second kappa shape index (κ2) is 7.53. The Morgan fingerprint density at radius 1 is 0.857 bits per heavy atom. The summed E-state index contributed by atoms with van der Waals surface area (Å²) in [6.07, 6.45) is -2.35. The molecule has 1 aliphatic carbocycles. The highest BCUT2D eigenvalue weighted by molar-refractivity contribution is 7.92. The maximum Gasteiger partial charge on any atom is 0.416 e. The van der Waals surface area contributed by atoms with Gasteiger partial charge in [0.2, 0.25) is 0 Å². The van der Waals surface area contributed by atoms with Crippen LogP contribution in [-0.2, 0) is 17.4 Å². The summed E-state index contributed by atoms with van der Waals surface area (Å²) in [7, 11) is 0. The maximum atomic E-state index is 12.7. The molecule has 1 saturated carbocycles. The first-order valence-electron chi connectivity index (χ1n) is 8.87. The van der Waals surface area contributed by atoms with Crippen LogP contribution in [0.3, 0.4) is 0 Å². The number of para-hydroxylation sites is 1. The van der Waals surface area contributed by atoms with Gasteiger partial charge in [0, 0.05) is 18.4 Å². The van der Waals surface area contributed by atoms with Gasteiger partial charge in [0.1, 0.15) is 16.7 Å². The molecule has 0 aliphatic heterocycles. The highest BCUT2D eigenvalue weighted by Gasteiger charge is 2.35. The molecule has 1 atom stereocenters. The van der Waals surface area contributed by atoms with E-state index >= 15 is 0 Å². The molecule has 0 N–H and O–H groups in total. The molecule has 1 aliphatic rings. The second-order valence-electron chi connectivity index (χ2n) is 6.64. The number of benzene rings is 3. The van der Waals surface area contributed by atoms with E-state index in [4.69, 9.17) is 4.74 Å². The van der Waals surface area contributed by atoms with Gasteiger partial charge in [-0.1, -0.05) is 18.2 Å². The molecule has 3 aromatic rings. The van der Waals surface area contributed by atoms with Gasteiger partial charge in [0.05, 0.1) is 5.56 Å². The number of rotatable bonds is 5. The van der Waals surface area contributed by atoms with Crippen molar-refractivity contribution >= 4 is 11.2 Å². The third-order valence-electron chi connectivity index (χ3n) is 4.52. The molecule has 0 heterocycles. The van der Waals surface area contributed by atoms with E-state index in [-0.39, 0.29) is 5.25 Å². The van der Waals surface area contributed by atoms with Gasteiger partial charge in [-0.3, -0.25) is 0 Å². The minimum atomic E-state index is -4.38. The third-order valence-corrected chi connectivity index (χ3v) is 6.33. The lowest BCUT2D eigenvalue weighted by Gasteiger charge is -2.13. The van der Waals surface area contributed by atoms with Crippen molar-refractivity contribution in [2.75, 3.05) is 0 Å². The van der Waals surface area contributed by atoms with E-state index in [1.54, 1.807) is 12.1 Å². The molecular formula is C22H17F3O2S. The Morgan fingerprint density at radius 2 is 1.50 bits per heavy atom. The molecule has 2 nitrogen and oxygen atoms in total. The van der Waals surface area contributed by atoms with Crippen LogP contribution in [-0.4, -0.2) is 9.80 Å². The summed E-state index contributed by atoms with van der Waals surface area (Å²) >= 11 is -0.958. The summed E-state index contributed by atoms with van der Waals surface area (Å²) in [6, 6.07) is 19.4. The molecule has 144 valence electrons. The lowest BCUT2D eigenvalue weighted by atomic mass is 10.0. The SMILES string of the molecule is [O-][S+](c1ccc(-c2ccccc2Oc2ccc(C(F)(F)F)cc2)cc1)C1CC1. The Labute approximate surface area is 164 Å². The van der Waals surface area contributed by atoms with E-state index in [1.807, 2.05) is 36.4 Å². The summed E-state index contributed by atoms with van der Waals surface area (Å²) in [4.78, 5) is 0.812. The van der Waals surface area contributed by atoms with Gasteiger partial charge >= 0.3 is 6.18 Å². The number of alkyl halides is 3. The molecule has 0 spiro atoms. The van der Waals surface area contributed by atoms with Crippen molar-refractivity contribution in [2.24, 2.45) is 0 Å². The van der Waals surface area contributed by atoms with Crippen LogP contribution in [0.1, 0.15) is 18.4 Å². The largest absolute Gasteiger partial charge is 0.611 e. The summed E-state index contributed by atoms with van der Waals surface area (Å²) in [5, 5.41) is 0.279. The monoisotopic (exact) mass is 402 g/mol. The van der Waals surface area contributed by atoms with E-state index < -0.39 is 22.9 Å². The topological polar surface area (TPSA) is 32.3 Å². The summed E-state index contributed by atoms with van der Waals surface area (Å²) in [5.41, 5.74) is 0.984. The molecular weight excluding hydrogens is 385 g/mol. The summed E-state index contributed by atoms with van der Waals surface area (Å²) < 4.78 is 56.2. The minimum absolute atomic E-state index is 0.279. The van der Waals surface area contributed by atoms with Crippen molar-refractivity contribution in [3.8, 4) is 22.6 Å². The highest BCUT2D eigenvalue weighted by atomic mass is 32.2. The van der Waals surface area contributed by atoms with Crippen molar-refractivity contribution in [3.63, 3.8) is 0 Å². The Bertz CT molecular complexity index is 949. The van der Waals surface area contributed by atoms with E-state index in [9.17, 15) is 17.7 Å². The first kappa shape index (κ1) is 18.9. The zero-order chi connectivity index (χ0) is 19.7. The number of hydrogen-bond donors (Lipinski definition) is 0. The van der Waals surface area contributed by atoms with Gasteiger partial charge in [-0.05, 0) is 71.3 Å². The van der Waals surface area contributed by atoms with Crippen molar-refractivity contribution in [3.05, 3.63) is 78.4 Å². The Kier molecular flexibility index (Phi) is 5.08. The van der Waals surface area contributed by atoms with Gasteiger partial charge in [0.25, 0.3) is 0 Å². The van der Waals surface area contributed by atoms with Crippen molar-refractivity contribution in [1.82, 2.24) is 0 Å². The number of halogens is 3. The first-order valence-corrected chi connectivity index (χ1v) is 10.1. The van der Waals surface area contributed by atoms with Gasteiger partial charge in [-0.25, -0.2) is 0 Å². The van der Waals surface area contributed by atoms with Gasteiger partial charge < -0.3 is 9.29 Å². The lowest BCUT2D eigenvalue weighted by Crippen LogP contribution is -2.06. The zero-order valence-electron chi connectivity index (χ0n) is 14.8. The molecule has 0 radical (unpaired) electrons. The number of hydrogen-bond acceptors (Lipinski definition) is 2. The summed E-state index contributed by atoms with van der Waals surface area (Å²) in [6.45, 7) is 0. The molecule has 0 saturated heterocycles. The highest BCUT2D eigenvalue weighted by Crippen LogP contribution is 2.37. The first-order chi connectivity index (χ1) is 13.4. The van der Waals surface area contributed by atoms with Crippen molar-refractivity contribution < 1.29 is 22.5 Å². The van der Waals surface area contributed by atoms with E-state index in [1.165, 1.54) is 12.1 Å². The average Bonchev–Trinajstić information content (AvgIpc) is 3.53. The molecule has 0 amide bonds. The molecule has 1 fully saturated rings. The second-order valence-corrected chi connectivity index (χ2v) is 8.37. The fourth-order valence-corrected chi connectivity index (χ4v) is 4.23. The van der Waals surface area contributed by atoms with Crippen LogP contribution in [0.5, 0.6) is 11.5 Å². The Balaban J connectivity index is 1.57. The Hall–Kier alpha value is -2.44. The quantitative estimate of drug-likeness (QED) is 0.460. The molecule has 0 aromatic heterocycles. The fraction of sp³-hybridized carbons (Fsp3) is 0.182. The predicted molar refractivity (Wildman–Crippen MR) is 103 cm³/mol. The predicted octanol–water partition coefficient (Wildman–Crippen LogP) is 6.43. The molecule has 0 bridgehead atoms. The van der Waals surface area contributed by atoms with E-state index in [0.717, 1.165) is 41.0 Å². The van der Waals surface area contributed by atoms with Crippen molar-refractivity contribution in [1.29, 1.82) is 0 Å². The van der Waals surface area contributed by atoms with Crippen molar-refractivity contribution in [2.45, 2.75) is 29.2 Å². The zero-order valence-corrected chi connectivity index (χ0v) is 15.6. The van der Waals surface area contributed by atoms with Crippen LogP contribution < -0.4 is 4.74 Å². The van der Waals surface area contributed by atoms with Crippen LogP contribution in [0.25, 0.3) is 11.1 Å². The van der Waals surface area contributed by atoms with Crippen LogP contribution in [0.4, 0.5) is 13.2 Å². The fourth-order valence-electron chi connectivity index (χ4n) is 2.88. The molecule has 3 aromatic carbocycles. The summed E-state index contributed by atoms with van der Waals surface area (Å²) in [5.74, 6) is 0.866. The van der Waals surface area contributed by atoms with E-state index in [0.29, 0.717) is 11.5 Å². The Morgan fingerprint density at radius 3 is 2.11 bits per heavy atom. The smallest absolute Gasteiger partial charge is 0.416 e. The lowest BCUT2D eigenvalue weighted by molar-refractivity contribution is -0.137. The minimum Gasteiger partial charge on any atom is -0.611 e. The van der Waals surface area contributed by atoms with Crippen LogP contribution >= 0.6 is 0 Å². The third kappa shape index (κ3) is 4.18. The molecule has 28 heavy (non-hydrogen) atoms. The number of ether oxygens (including phenoxy) is 1. The van der Waals surface area contributed by atoms with Gasteiger partial charge in [-0.2, -0.15) is 13.2 Å². The maximum absolute atomic E-state index is 12.7. The molecule has 1 unspecified atom stereocenters. The van der Waals surface area contributed by atoms with E-state index in [2.05, 4.69) is 0 Å². The standard InChI is InChI=1S/C22H17F3O2S/c23-22(24,25)16-7-9-17(10-8-16)27-21-4-2-1-3-20(21)15-5-11-18(12-6-15)28(26)19-13-14-19/h1-12,19H,13-14H2. The average molecular weight is 402 g/mol. The molecule has 4 rings (SSSR count). The normalized spacial score (nSPS) is 15.3. The van der Waals surface area contributed by atoms with Crippen LogP contribution in [0.2, 0.25) is 0 Å². The van der Waals surface area contributed by atoms with Crippen LogP contribution in [0, 0.1) is 0 Å².